The molecule has 5 heteroatoms. The molecule has 5 nitrogen and oxygen atoms in total. The summed E-state index contributed by atoms with van der Waals surface area (Å²) in [6.45, 7) is 0.840. The van der Waals surface area contributed by atoms with Crippen molar-refractivity contribution in [2.75, 3.05) is 11.4 Å². The molecule has 88 valence electrons. The van der Waals surface area contributed by atoms with Crippen LogP contribution in [-0.2, 0) is 4.79 Å². The van der Waals surface area contributed by atoms with Crippen LogP contribution >= 0.6 is 0 Å². The Morgan fingerprint density at radius 2 is 2.35 bits per heavy atom. The fraction of sp³-hybridized carbons (Fsp3) is 0.333. The van der Waals surface area contributed by atoms with Gasteiger partial charge in [0.25, 0.3) is 0 Å². The molecule has 0 aliphatic carbocycles. The predicted molar refractivity (Wildman–Crippen MR) is 65.7 cm³/mol. The summed E-state index contributed by atoms with van der Waals surface area (Å²) in [4.78, 5) is 20.9. The normalized spacial score (nSPS) is 20.0. The molecule has 3 N–H and O–H groups in total. The van der Waals surface area contributed by atoms with Crippen molar-refractivity contribution < 1.29 is 4.79 Å². The summed E-state index contributed by atoms with van der Waals surface area (Å²) in [7, 11) is 0. The van der Waals surface area contributed by atoms with Gasteiger partial charge in [-0.1, -0.05) is 0 Å². The molecule has 1 aliphatic heterocycles. The highest BCUT2D eigenvalue weighted by atomic mass is 16.1. The smallest absolute Gasteiger partial charge is 0.240 e. The molecule has 1 atom stereocenters. The van der Waals surface area contributed by atoms with Gasteiger partial charge in [0.2, 0.25) is 5.91 Å². The van der Waals surface area contributed by atoms with E-state index in [0.717, 1.165) is 36.2 Å². The van der Waals surface area contributed by atoms with Crippen LogP contribution in [0.5, 0.6) is 0 Å². The first kappa shape index (κ1) is 10.1. The van der Waals surface area contributed by atoms with Gasteiger partial charge in [0, 0.05) is 18.1 Å². The molecule has 2 aromatic rings. The summed E-state index contributed by atoms with van der Waals surface area (Å²) in [6.07, 6.45) is 3.66. The fourth-order valence-corrected chi connectivity index (χ4v) is 2.42. The highest BCUT2D eigenvalue weighted by Crippen LogP contribution is 2.25. The fourth-order valence-electron chi connectivity index (χ4n) is 2.42. The van der Waals surface area contributed by atoms with Crippen molar-refractivity contribution in [3.63, 3.8) is 0 Å². The minimum atomic E-state index is -0.268. The Morgan fingerprint density at radius 1 is 1.47 bits per heavy atom. The van der Waals surface area contributed by atoms with E-state index in [1.165, 1.54) is 0 Å². The predicted octanol–water partition coefficient (Wildman–Crippen LogP) is 1.02. The molecule has 1 unspecified atom stereocenters. The summed E-state index contributed by atoms with van der Waals surface area (Å²) in [6, 6.07) is 5.71. The SMILES string of the molecule is NC(=O)C1CCCN1c1ccc2cc[nH]c2n1. The van der Waals surface area contributed by atoms with E-state index in [9.17, 15) is 4.79 Å². The van der Waals surface area contributed by atoms with Crippen LogP contribution in [0, 0.1) is 0 Å². The lowest BCUT2D eigenvalue weighted by Crippen LogP contribution is -2.40. The Balaban J connectivity index is 1.99. The molecule has 0 saturated carbocycles. The molecule has 0 bridgehead atoms. The van der Waals surface area contributed by atoms with Crippen molar-refractivity contribution in [1.82, 2.24) is 9.97 Å². The number of pyridine rings is 1. The van der Waals surface area contributed by atoms with Gasteiger partial charge in [-0.25, -0.2) is 4.98 Å². The van der Waals surface area contributed by atoms with Crippen molar-refractivity contribution in [2.45, 2.75) is 18.9 Å². The van der Waals surface area contributed by atoms with Crippen molar-refractivity contribution in [3.8, 4) is 0 Å². The lowest BCUT2D eigenvalue weighted by Gasteiger charge is -2.23. The maximum absolute atomic E-state index is 11.3. The van der Waals surface area contributed by atoms with E-state index in [0.29, 0.717) is 0 Å². The number of aromatic nitrogens is 2. The van der Waals surface area contributed by atoms with E-state index in [1.807, 2.05) is 29.3 Å². The van der Waals surface area contributed by atoms with Crippen LogP contribution < -0.4 is 10.6 Å². The number of amides is 1. The van der Waals surface area contributed by atoms with Crippen molar-refractivity contribution in [1.29, 1.82) is 0 Å². The maximum atomic E-state index is 11.3. The van der Waals surface area contributed by atoms with Crippen molar-refractivity contribution in [2.24, 2.45) is 5.73 Å². The third kappa shape index (κ3) is 1.63. The van der Waals surface area contributed by atoms with E-state index < -0.39 is 0 Å². The number of hydrogen-bond donors (Lipinski definition) is 2. The van der Waals surface area contributed by atoms with Crippen LogP contribution in [0.1, 0.15) is 12.8 Å². The lowest BCUT2D eigenvalue weighted by molar-refractivity contribution is -0.119. The second-order valence-electron chi connectivity index (χ2n) is 4.34. The van der Waals surface area contributed by atoms with Crippen LogP contribution in [0.3, 0.4) is 0 Å². The molecule has 1 aliphatic rings. The minimum Gasteiger partial charge on any atom is -0.368 e. The number of anilines is 1. The quantitative estimate of drug-likeness (QED) is 0.808. The molecule has 0 radical (unpaired) electrons. The number of aromatic amines is 1. The molecule has 1 fully saturated rings. The number of carbonyl (C=O) groups excluding carboxylic acids is 1. The Kier molecular flexibility index (Phi) is 2.24. The third-order valence-corrected chi connectivity index (χ3v) is 3.27. The van der Waals surface area contributed by atoms with Crippen LogP contribution in [0.15, 0.2) is 24.4 Å². The van der Waals surface area contributed by atoms with Crippen molar-refractivity contribution in [3.05, 3.63) is 24.4 Å². The second-order valence-corrected chi connectivity index (χ2v) is 4.34. The molecule has 17 heavy (non-hydrogen) atoms. The first-order valence-electron chi connectivity index (χ1n) is 5.76. The summed E-state index contributed by atoms with van der Waals surface area (Å²) in [5.41, 5.74) is 6.25. The van der Waals surface area contributed by atoms with Gasteiger partial charge < -0.3 is 15.6 Å². The number of H-pyrrole nitrogens is 1. The standard InChI is InChI=1S/C12H14N4O/c13-11(17)9-2-1-7-16(9)10-4-3-8-5-6-14-12(8)15-10/h3-6,9H,1-2,7H2,(H2,13,17)(H,14,15). The first-order chi connectivity index (χ1) is 8.25. The average molecular weight is 230 g/mol. The number of carbonyl (C=O) groups is 1. The number of nitrogens with zero attached hydrogens (tertiary/aromatic N) is 2. The van der Waals surface area contributed by atoms with Crippen LogP contribution in [0.25, 0.3) is 11.0 Å². The lowest BCUT2D eigenvalue weighted by atomic mass is 10.2. The number of fused-ring (bicyclic) bond motifs is 1. The molecule has 1 saturated heterocycles. The van der Waals surface area contributed by atoms with Crippen molar-refractivity contribution >= 4 is 22.8 Å². The Morgan fingerprint density at radius 3 is 3.18 bits per heavy atom. The van der Waals surface area contributed by atoms with Gasteiger partial charge in [0.1, 0.15) is 17.5 Å². The molecule has 3 rings (SSSR count). The van der Waals surface area contributed by atoms with Gasteiger partial charge in [0.15, 0.2) is 0 Å². The molecular formula is C12H14N4O. The molecular weight excluding hydrogens is 216 g/mol. The van der Waals surface area contributed by atoms with Gasteiger partial charge in [0.05, 0.1) is 0 Å². The van der Waals surface area contributed by atoms with Gasteiger partial charge in [-0.05, 0) is 31.0 Å². The van der Waals surface area contributed by atoms with E-state index in [-0.39, 0.29) is 11.9 Å². The zero-order chi connectivity index (χ0) is 11.8. The number of nitrogens with one attached hydrogen (secondary N) is 1. The average Bonchev–Trinajstić information content (AvgIpc) is 2.96. The third-order valence-electron chi connectivity index (χ3n) is 3.27. The summed E-state index contributed by atoms with van der Waals surface area (Å²) in [5, 5.41) is 1.07. The molecule has 3 heterocycles. The summed E-state index contributed by atoms with van der Waals surface area (Å²) >= 11 is 0. The van der Waals surface area contributed by atoms with E-state index in [2.05, 4.69) is 9.97 Å². The number of nitrogens with two attached hydrogens (primary N) is 1. The minimum absolute atomic E-state index is 0.213. The highest BCUT2D eigenvalue weighted by molar-refractivity contribution is 5.85. The molecule has 1 amide bonds. The second kappa shape index (κ2) is 3.76. The number of hydrogen-bond acceptors (Lipinski definition) is 3. The molecule has 0 spiro atoms. The summed E-state index contributed by atoms with van der Waals surface area (Å²) < 4.78 is 0. The topological polar surface area (TPSA) is 75.0 Å². The van der Waals surface area contributed by atoms with E-state index in [4.69, 9.17) is 5.73 Å². The Labute approximate surface area is 98.6 Å². The summed E-state index contributed by atoms with van der Waals surface area (Å²) in [5.74, 6) is 0.553. The molecule has 2 aromatic heterocycles. The first-order valence-corrected chi connectivity index (χ1v) is 5.76. The van der Waals surface area contributed by atoms with Crippen LogP contribution in [0.2, 0.25) is 0 Å². The van der Waals surface area contributed by atoms with Gasteiger partial charge in [-0.15, -0.1) is 0 Å². The highest BCUT2D eigenvalue weighted by Gasteiger charge is 2.29. The largest absolute Gasteiger partial charge is 0.368 e. The zero-order valence-corrected chi connectivity index (χ0v) is 9.39. The number of primary amides is 1. The zero-order valence-electron chi connectivity index (χ0n) is 9.39. The maximum Gasteiger partial charge on any atom is 0.240 e. The van der Waals surface area contributed by atoms with E-state index >= 15 is 0 Å². The van der Waals surface area contributed by atoms with Gasteiger partial charge in [-0.2, -0.15) is 0 Å². The van der Waals surface area contributed by atoms with Crippen LogP contribution in [-0.4, -0.2) is 28.5 Å². The molecule has 0 aromatic carbocycles. The van der Waals surface area contributed by atoms with Gasteiger partial charge in [-0.3, -0.25) is 4.79 Å². The number of rotatable bonds is 2. The van der Waals surface area contributed by atoms with Crippen LogP contribution in [0.4, 0.5) is 5.82 Å². The van der Waals surface area contributed by atoms with E-state index in [1.54, 1.807) is 0 Å². The Bertz CT molecular complexity index is 562. The monoisotopic (exact) mass is 230 g/mol. The Hall–Kier alpha value is -2.04. The van der Waals surface area contributed by atoms with Gasteiger partial charge >= 0.3 is 0 Å².